The van der Waals surface area contributed by atoms with Crippen LogP contribution >= 0.6 is 0 Å². The van der Waals surface area contributed by atoms with E-state index in [0.29, 0.717) is 11.3 Å². The fraction of sp³-hybridized carbons (Fsp3) is 0.625. The summed E-state index contributed by atoms with van der Waals surface area (Å²) in [6.45, 7) is 8.84. The second-order valence-corrected chi connectivity index (χ2v) is 5.38. The van der Waals surface area contributed by atoms with Gasteiger partial charge >= 0.3 is 0 Å². The van der Waals surface area contributed by atoms with Crippen LogP contribution in [0, 0.1) is 5.82 Å². The maximum Gasteiger partial charge on any atom is 0.146 e. The summed E-state index contributed by atoms with van der Waals surface area (Å²) in [6.07, 6.45) is 2.77. The van der Waals surface area contributed by atoms with Crippen molar-refractivity contribution in [1.29, 1.82) is 0 Å². The molecule has 0 aliphatic carbocycles. The van der Waals surface area contributed by atoms with E-state index >= 15 is 0 Å². The Hall–Kier alpha value is -1.09. The number of hydrogen-bond donors (Lipinski definition) is 1. The number of aliphatic hydroxyl groups excluding tert-OH is 1. The van der Waals surface area contributed by atoms with Crippen molar-refractivity contribution in [2.45, 2.75) is 59.1 Å². The van der Waals surface area contributed by atoms with Crippen LogP contribution < -0.4 is 4.90 Å². The first-order chi connectivity index (χ1) is 8.97. The van der Waals surface area contributed by atoms with Gasteiger partial charge in [-0.25, -0.2) is 4.39 Å². The minimum absolute atomic E-state index is 0.247. The van der Waals surface area contributed by atoms with Gasteiger partial charge in [-0.3, -0.25) is 0 Å². The molecule has 0 radical (unpaired) electrons. The van der Waals surface area contributed by atoms with Gasteiger partial charge in [-0.05, 0) is 44.9 Å². The summed E-state index contributed by atoms with van der Waals surface area (Å²) in [5, 5.41) is 9.48. The van der Waals surface area contributed by atoms with Gasteiger partial charge in [0.15, 0.2) is 0 Å². The summed E-state index contributed by atoms with van der Waals surface area (Å²) in [7, 11) is 0. The van der Waals surface area contributed by atoms with E-state index in [4.69, 9.17) is 0 Å². The molecular weight excluding hydrogens is 241 g/mol. The van der Waals surface area contributed by atoms with Gasteiger partial charge in [0.25, 0.3) is 0 Å². The largest absolute Gasteiger partial charge is 0.389 e. The van der Waals surface area contributed by atoms with Crippen LogP contribution in [0.1, 0.15) is 58.6 Å². The van der Waals surface area contributed by atoms with Gasteiger partial charge in [0.1, 0.15) is 5.82 Å². The molecule has 0 fully saturated rings. The van der Waals surface area contributed by atoms with E-state index in [1.165, 1.54) is 6.07 Å². The molecule has 0 saturated carbocycles. The van der Waals surface area contributed by atoms with Crippen molar-refractivity contribution in [3.8, 4) is 0 Å². The normalized spacial score (nSPS) is 12.8. The molecule has 1 atom stereocenters. The van der Waals surface area contributed by atoms with Gasteiger partial charge in [0.2, 0.25) is 0 Å². The molecule has 1 aromatic carbocycles. The zero-order valence-electron chi connectivity index (χ0n) is 12.5. The minimum Gasteiger partial charge on any atom is -0.389 e. The van der Waals surface area contributed by atoms with E-state index in [1.54, 1.807) is 19.1 Å². The molecule has 1 rings (SSSR count). The van der Waals surface area contributed by atoms with Crippen LogP contribution in [0.3, 0.4) is 0 Å². The number of unbranched alkanes of at least 4 members (excludes halogenated alkanes) is 2. The van der Waals surface area contributed by atoms with Crippen LogP contribution in [0.5, 0.6) is 0 Å². The van der Waals surface area contributed by atoms with Gasteiger partial charge < -0.3 is 10.0 Å². The molecule has 0 aliphatic rings. The van der Waals surface area contributed by atoms with Crippen molar-refractivity contribution in [2.24, 2.45) is 0 Å². The summed E-state index contributed by atoms with van der Waals surface area (Å²) in [4.78, 5) is 2.09. The first-order valence-electron chi connectivity index (χ1n) is 7.21. The number of benzene rings is 1. The number of nitrogens with zero attached hydrogens (tertiary/aromatic N) is 1. The average Bonchev–Trinajstić information content (AvgIpc) is 2.35. The van der Waals surface area contributed by atoms with E-state index in [9.17, 15) is 9.50 Å². The maximum absolute atomic E-state index is 14.2. The summed E-state index contributed by atoms with van der Waals surface area (Å²) in [5.74, 6) is -0.247. The maximum atomic E-state index is 14.2. The fourth-order valence-corrected chi connectivity index (χ4v) is 2.20. The molecule has 1 aromatic rings. The number of anilines is 1. The molecule has 0 bridgehead atoms. The molecule has 0 aliphatic heterocycles. The molecule has 19 heavy (non-hydrogen) atoms. The quantitative estimate of drug-likeness (QED) is 0.745. The molecule has 0 aromatic heterocycles. The Morgan fingerprint density at radius 1 is 1.21 bits per heavy atom. The third kappa shape index (κ3) is 4.50. The third-order valence-electron chi connectivity index (χ3n) is 3.39. The van der Waals surface area contributed by atoms with Crippen LogP contribution in [0.4, 0.5) is 10.1 Å². The first-order valence-corrected chi connectivity index (χ1v) is 7.21. The molecule has 3 heteroatoms. The molecule has 0 spiro atoms. The number of halogens is 1. The topological polar surface area (TPSA) is 23.5 Å². The standard InChI is InChI=1S/C16H26FNO/c1-5-6-7-10-18(12(2)3)16-9-8-14(13(4)19)11-15(16)17/h8-9,11-13,19H,5-7,10H2,1-4H3/t13-/m1/s1. The van der Waals surface area contributed by atoms with Crippen molar-refractivity contribution in [3.63, 3.8) is 0 Å². The molecule has 0 heterocycles. The number of rotatable bonds is 7. The summed E-state index contributed by atoms with van der Waals surface area (Å²) in [6, 6.07) is 5.29. The Kier molecular flexibility index (Phi) is 6.29. The van der Waals surface area contributed by atoms with E-state index < -0.39 is 6.10 Å². The van der Waals surface area contributed by atoms with E-state index in [0.717, 1.165) is 25.8 Å². The van der Waals surface area contributed by atoms with Crippen molar-refractivity contribution < 1.29 is 9.50 Å². The summed E-state index contributed by atoms with van der Waals surface area (Å²) in [5.41, 5.74) is 1.26. The SMILES string of the molecule is CCCCCN(c1ccc([C@@H](C)O)cc1F)C(C)C. The van der Waals surface area contributed by atoms with E-state index in [2.05, 4.69) is 25.7 Å². The highest BCUT2D eigenvalue weighted by Gasteiger charge is 2.15. The second-order valence-electron chi connectivity index (χ2n) is 5.38. The van der Waals surface area contributed by atoms with Gasteiger partial charge in [-0.2, -0.15) is 0 Å². The average molecular weight is 267 g/mol. The van der Waals surface area contributed by atoms with Gasteiger partial charge in [-0.15, -0.1) is 0 Å². The monoisotopic (exact) mass is 267 g/mol. The predicted octanol–water partition coefficient (Wildman–Crippen LogP) is 4.28. The summed E-state index contributed by atoms with van der Waals surface area (Å²) >= 11 is 0. The van der Waals surface area contributed by atoms with Gasteiger partial charge in [0, 0.05) is 12.6 Å². The first kappa shape index (κ1) is 16.0. The van der Waals surface area contributed by atoms with Crippen molar-refractivity contribution >= 4 is 5.69 Å². The Morgan fingerprint density at radius 3 is 2.37 bits per heavy atom. The zero-order chi connectivity index (χ0) is 14.4. The molecule has 1 N–H and O–H groups in total. The Labute approximate surface area is 116 Å². The fourth-order valence-electron chi connectivity index (χ4n) is 2.20. The molecule has 2 nitrogen and oxygen atoms in total. The van der Waals surface area contributed by atoms with Crippen LogP contribution in [0.15, 0.2) is 18.2 Å². The molecule has 0 saturated heterocycles. The van der Waals surface area contributed by atoms with E-state index in [1.807, 2.05) is 0 Å². The van der Waals surface area contributed by atoms with Gasteiger partial charge in [0.05, 0.1) is 11.8 Å². The third-order valence-corrected chi connectivity index (χ3v) is 3.39. The summed E-state index contributed by atoms with van der Waals surface area (Å²) < 4.78 is 14.2. The minimum atomic E-state index is -0.629. The second kappa shape index (κ2) is 7.49. The zero-order valence-corrected chi connectivity index (χ0v) is 12.5. The van der Waals surface area contributed by atoms with Crippen molar-refractivity contribution in [1.82, 2.24) is 0 Å². The van der Waals surface area contributed by atoms with E-state index in [-0.39, 0.29) is 11.9 Å². The smallest absolute Gasteiger partial charge is 0.146 e. The lowest BCUT2D eigenvalue weighted by atomic mass is 10.1. The highest BCUT2D eigenvalue weighted by Crippen LogP contribution is 2.25. The Morgan fingerprint density at radius 2 is 1.89 bits per heavy atom. The number of hydrogen-bond acceptors (Lipinski definition) is 2. The highest BCUT2D eigenvalue weighted by atomic mass is 19.1. The lowest BCUT2D eigenvalue weighted by Crippen LogP contribution is -2.32. The van der Waals surface area contributed by atoms with Crippen molar-refractivity contribution in [3.05, 3.63) is 29.6 Å². The number of aliphatic hydroxyl groups is 1. The van der Waals surface area contributed by atoms with Crippen LogP contribution in [0.25, 0.3) is 0 Å². The Bertz CT molecular complexity index is 390. The van der Waals surface area contributed by atoms with Crippen LogP contribution in [0.2, 0.25) is 0 Å². The van der Waals surface area contributed by atoms with Crippen LogP contribution in [-0.2, 0) is 0 Å². The van der Waals surface area contributed by atoms with Gasteiger partial charge in [-0.1, -0.05) is 25.8 Å². The molecular formula is C16H26FNO. The van der Waals surface area contributed by atoms with Crippen LogP contribution in [-0.4, -0.2) is 17.7 Å². The Balaban J connectivity index is 2.90. The molecule has 108 valence electrons. The lowest BCUT2D eigenvalue weighted by molar-refractivity contribution is 0.199. The predicted molar refractivity (Wildman–Crippen MR) is 79.0 cm³/mol. The van der Waals surface area contributed by atoms with Crippen molar-refractivity contribution in [2.75, 3.05) is 11.4 Å². The molecule has 0 unspecified atom stereocenters. The highest BCUT2D eigenvalue weighted by molar-refractivity contribution is 5.50. The lowest BCUT2D eigenvalue weighted by Gasteiger charge is -2.29. The molecule has 0 amide bonds.